The Morgan fingerprint density at radius 3 is 3.00 bits per heavy atom. The molecule has 7 heteroatoms. The third kappa shape index (κ3) is 3.41. The van der Waals surface area contributed by atoms with Crippen molar-refractivity contribution < 1.29 is 9.59 Å². The van der Waals surface area contributed by atoms with E-state index in [1.165, 1.54) is 0 Å². The first-order valence-electron chi connectivity index (χ1n) is 7.39. The van der Waals surface area contributed by atoms with E-state index in [9.17, 15) is 9.59 Å². The molecule has 1 unspecified atom stereocenters. The summed E-state index contributed by atoms with van der Waals surface area (Å²) < 4.78 is 1.54. The van der Waals surface area contributed by atoms with E-state index in [1.807, 2.05) is 6.92 Å². The number of amides is 2. The van der Waals surface area contributed by atoms with Crippen molar-refractivity contribution in [2.45, 2.75) is 38.8 Å². The van der Waals surface area contributed by atoms with Gasteiger partial charge in [0.25, 0.3) is 0 Å². The second-order valence-corrected chi connectivity index (χ2v) is 6.21. The van der Waals surface area contributed by atoms with Crippen LogP contribution in [0, 0.1) is 5.41 Å². The molecule has 21 heavy (non-hydrogen) atoms. The highest BCUT2D eigenvalue weighted by Crippen LogP contribution is 2.26. The van der Waals surface area contributed by atoms with Gasteiger partial charge in [0.2, 0.25) is 11.8 Å². The topological polar surface area (TPSA) is 88.0 Å². The molecule has 1 atom stereocenters. The molecule has 2 aliphatic rings. The van der Waals surface area contributed by atoms with Crippen LogP contribution in [-0.2, 0) is 16.1 Å². The Kier molecular flexibility index (Phi) is 3.67. The minimum Gasteiger partial charge on any atom is -0.352 e. The van der Waals surface area contributed by atoms with Crippen LogP contribution in [-0.4, -0.2) is 40.7 Å². The first-order valence-corrected chi connectivity index (χ1v) is 7.39. The van der Waals surface area contributed by atoms with E-state index >= 15 is 0 Å². The molecule has 0 aromatic carbocycles. The van der Waals surface area contributed by atoms with Crippen LogP contribution in [0.2, 0.25) is 0 Å². The molecular formula is C14H21N5O2. The standard InChI is InChI=1S/C14H21N5O2/c1-14(4-5-15-9-14)13(21)18-11-6-16-19(7-11)8-12(20)17-10-2-3-10/h6-7,10,15H,2-5,8-9H2,1H3,(H,17,20)(H,18,21). The van der Waals surface area contributed by atoms with Crippen LogP contribution in [0.25, 0.3) is 0 Å². The number of anilines is 1. The average molecular weight is 291 g/mol. The summed E-state index contributed by atoms with van der Waals surface area (Å²) in [6, 6.07) is 0.349. The van der Waals surface area contributed by atoms with Crippen LogP contribution in [0.5, 0.6) is 0 Å². The van der Waals surface area contributed by atoms with Crippen molar-refractivity contribution in [2.75, 3.05) is 18.4 Å². The van der Waals surface area contributed by atoms with Gasteiger partial charge in [0.15, 0.2) is 0 Å². The van der Waals surface area contributed by atoms with Gasteiger partial charge in [-0.25, -0.2) is 0 Å². The Morgan fingerprint density at radius 1 is 1.52 bits per heavy atom. The summed E-state index contributed by atoms with van der Waals surface area (Å²) in [5.41, 5.74) is 0.262. The summed E-state index contributed by atoms with van der Waals surface area (Å²) in [6.07, 6.45) is 6.23. The maximum atomic E-state index is 12.3. The Labute approximate surface area is 123 Å². The number of hydrogen-bond donors (Lipinski definition) is 3. The van der Waals surface area contributed by atoms with E-state index in [0.717, 1.165) is 25.8 Å². The molecule has 7 nitrogen and oxygen atoms in total. The van der Waals surface area contributed by atoms with Crippen molar-refractivity contribution in [2.24, 2.45) is 5.41 Å². The zero-order valence-electron chi connectivity index (χ0n) is 12.2. The molecule has 2 amide bonds. The van der Waals surface area contributed by atoms with Gasteiger partial charge < -0.3 is 16.0 Å². The summed E-state index contributed by atoms with van der Waals surface area (Å²) >= 11 is 0. The van der Waals surface area contributed by atoms with E-state index < -0.39 is 0 Å². The van der Waals surface area contributed by atoms with Crippen LogP contribution in [0.4, 0.5) is 5.69 Å². The quantitative estimate of drug-likeness (QED) is 0.718. The summed E-state index contributed by atoms with van der Waals surface area (Å²) in [7, 11) is 0. The molecule has 0 radical (unpaired) electrons. The van der Waals surface area contributed by atoms with Crippen molar-refractivity contribution in [1.29, 1.82) is 0 Å². The fourth-order valence-corrected chi connectivity index (χ4v) is 2.46. The first-order chi connectivity index (χ1) is 10.0. The number of hydrogen-bond acceptors (Lipinski definition) is 4. The van der Waals surface area contributed by atoms with Crippen LogP contribution in [0.15, 0.2) is 12.4 Å². The molecule has 1 aliphatic heterocycles. The molecule has 3 rings (SSSR count). The Balaban J connectivity index is 1.54. The SMILES string of the molecule is CC1(C(=O)Nc2cnn(CC(=O)NC3CC3)c2)CCNC1. The highest BCUT2D eigenvalue weighted by molar-refractivity contribution is 5.95. The van der Waals surface area contributed by atoms with Crippen molar-refractivity contribution in [3.63, 3.8) is 0 Å². The maximum Gasteiger partial charge on any atom is 0.241 e. The van der Waals surface area contributed by atoms with Gasteiger partial charge in [0.1, 0.15) is 6.54 Å². The molecular weight excluding hydrogens is 270 g/mol. The lowest BCUT2D eigenvalue weighted by Crippen LogP contribution is -2.35. The van der Waals surface area contributed by atoms with Gasteiger partial charge in [-0.2, -0.15) is 5.10 Å². The summed E-state index contributed by atoms with van der Waals surface area (Å²) in [5, 5.41) is 13.1. The van der Waals surface area contributed by atoms with Gasteiger partial charge in [-0.15, -0.1) is 0 Å². The molecule has 2 fully saturated rings. The fourth-order valence-electron chi connectivity index (χ4n) is 2.46. The lowest BCUT2D eigenvalue weighted by atomic mass is 9.89. The first kappa shape index (κ1) is 14.1. The molecule has 1 saturated carbocycles. The number of carbonyl (C=O) groups excluding carboxylic acids is 2. The molecule has 0 bridgehead atoms. The highest BCUT2D eigenvalue weighted by atomic mass is 16.2. The van der Waals surface area contributed by atoms with Crippen molar-refractivity contribution in [3.05, 3.63) is 12.4 Å². The molecule has 2 heterocycles. The van der Waals surface area contributed by atoms with Crippen molar-refractivity contribution in [1.82, 2.24) is 20.4 Å². The van der Waals surface area contributed by atoms with E-state index in [2.05, 4.69) is 21.0 Å². The van der Waals surface area contributed by atoms with E-state index in [1.54, 1.807) is 17.1 Å². The zero-order chi connectivity index (χ0) is 14.9. The second-order valence-electron chi connectivity index (χ2n) is 6.21. The van der Waals surface area contributed by atoms with Crippen LogP contribution < -0.4 is 16.0 Å². The Bertz CT molecular complexity index is 543. The predicted octanol–water partition coefficient (Wildman–Crippen LogP) is 0.0998. The molecule has 3 N–H and O–H groups in total. The van der Waals surface area contributed by atoms with Gasteiger partial charge in [0.05, 0.1) is 17.3 Å². The molecule has 114 valence electrons. The van der Waals surface area contributed by atoms with Gasteiger partial charge in [-0.05, 0) is 32.7 Å². The summed E-state index contributed by atoms with van der Waals surface area (Å²) in [5.74, 6) is -0.0417. The number of aromatic nitrogens is 2. The minimum absolute atomic E-state index is 0.00511. The van der Waals surface area contributed by atoms with Crippen molar-refractivity contribution in [3.8, 4) is 0 Å². The Morgan fingerprint density at radius 2 is 2.33 bits per heavy atom. The number of nitrogens with zero attached hydrogens (tertiary/aromatic N) is 2. The highest BCUT2D eigenvalue weighted by Gasteiger charge is 2.36. The number of nitrogens with one attached hydrogen (secondary N) is 3. The van der Waals surface area contributed by atoms with Crippen LogP contribution in [0.3, 0.4) is 0 Å². The van der Waals surface area contributed by atoms with E-state index in [0.29, 0.717) is 18.3 Å². The van der Waals surface area contributed by atoms with E-state index in [4.69, 9.17) is 0 Å². The summed E-state index contributed by atoms with van der Waals surface area (Å²) in [4.78, 5) is 23.9. The lowest BCUT2D eigenvalue weighted by Gasteiger charge is -2.20. The minimum atomic E-state index is -0.370. The Hall–Kier alpha value is -1.89. The predicted molar refractivity (Wildman–Crippen MR) is 77.6 cm³/mol. The fraction of sp³-hybridized carbons (Fsp3) is 0.643. The number of rotatable bonds is 5. The van der Waals surface area contributed by atoms with Crippen molar-refractivity contribution >= 4 is 17.5 Å². The molecule has 0 spiro atoms. The smallest absolute Gasteiger partial charge is 0.241 e. The average Bonchev–Trinajstić information content (AvgIpc) is 2.94. The largest absolute Gasteiger partial charge is 0.352 e. The van der Waals surface area contributed by atoms with E-state index in [-0.39, 0.29) is 23.8 Å². The monoisotopic (exact) mass is 291 g/mol. The normalized spacial score (nSPS) is 24.8. The summed E-state index contributed by atoms with van der Waals surface area (Å²) in [6.45, 7) is 3.70. The maximum absolute atomic E-state index is 12.3. The number of carbonyl (C=O) groups is 2. The van der Waals surface area contributed by atoms with Crippen LogP contribution >= 0.6 is 0 Å². The van der Waals surface area contributed by atoms with Gasteiger partial charge in [-0.1, -0.05) is 0 Å². The second kappa shape index (κ2) is 5.48. The van der Waals surface area contributed by atoms with Crippen LogP contribution in [0.1, 0.15) is 26.2 Å². The zero-order valence-corrected chi connectivity index (χ0v) is 12.2. The molecule has 1 aromatic rings. The van der Waals surface area contributed by atoms with Gasteiger partial charge in [0, 0.05) is 18.8 Å². The third-order valence-electron chi connectivity index (χ3n) is 4.06. The third-order valence-corrected chi connectivity index (χ3v) is 4.06. The molecule has 1 aliphatic carbocycles. The van der Waals surface area contributed by atoms with Gasteiger partial charge >= 0.3 is 0 Å². The molecule has 1 saturated heterocycles. The molecule has 1 aromatic heterocycles. The van der Waals surface area contributed by atoms with Gasteiger partial charge in [-0.3, -0.25) is 14.3 Å². The lowest BCUT2D eigenvalue weighted by molar-refractivity contribution is -0.124.